The highest BCUT2D eigenvalue weighted by Crippen LogP contribution is 2.32. The quantitative estimate of drug-likeness (QED) is 0.907. The van der Waals surface area contributed by atoms with Crippen LogP contribution >= 0.6 is 11.6 Å². The zero-order chi connectivity index (χ0) is 13.1. The van der Waals surface area contributed by atoms with Crippen LogP contribution < -0.4 is 4.74 Å². The Kier molecular flexibility index (Phi) is 3.84. The first-order valence-corrected chi connectivity index (χ1v) is 5.81. The summed E-state index contributed by atoms with van der Waals surface area (Å²) in [5.41, 5.74) is 1.69. The number of halogens is 2. The molecule has 94 valence electrons. The normalized spacial score (nSPS) is 10.4. The van der Waals surface area contributed by atoms with E-state index in [-0.39, 0.29) is 11.6 Å². The Balaban J connectivity index is 2.33. The molecule has 0 saturated carbocycles. The van der Waals surface area contributed by atoms with E-state index in [9.17, 15) is 9.50 Å². The van der Waals surface area contributed by atoms with Gasteiger partial charge in [-0.05, 0) is 31.2 Å². The lowest BCUT2D eigenvalue weighted by Gasteiger charge is -2.11. The van der Waals surface area contributed by atoms with E-state index in [1.807, 2.05) is 19.1 Å². The summed E-state index contributed by atoms with van der Waals surface area (Å²) in [6, 6.07) is 9.36. The third kappa shape index (κ3) is 2.81. The fraction of sp³-hybridized carbons (Fsp3) is 0.143. The van der Waals surface area contributed by atoms with Crippen molar-refractivity contribution in [2.24, 2.45) is 0 Å². The summed E-state index contributed by atoms with van der Waals surface area (Å²) >= 11 is 5.88. The first-order chi connectivity index (χ1) is 8.60. The Bertz CT molecular complexity index is 570. The van der Waals surface area contributed by atoms with Crippen molar-refractivity contribution < 1.29 is 14.2 Å². The Morgan fingerprint density at radius 3 is 2.56 bits per heavy atom. The minimum atomic E-state index is -0.418. The molecule has 4 heteroatoms. The number of benzene rings is 2. The minimum absolute atomic E-state index is 0.129. The van der Waals surface area contributed by atoms with Gasteiger partial charge < -0.3 is 9.84 Å². The first-order valence-electron chi connectivity index (χ1n) is 5.43. The van der Waals surface area contributed by atoms with Gasteiger partial charge in [-0.25, -0.2) is 4.39 Å². The molecule has 1 N–H and O–H groups in total. The van der Waals surface area contributed by atoms with Gasteiger partial charge in [-0.2, -0.15) is 0 Å². The van der Waals surface area contributed by atoms with Crippen molar-refractivity contribution in [3.8, 4) is 11.5 Å². The van der Waals surface area contributed by atoms with Crippen molar-refractivity contribution in [3.63, 3.8) is 0 Å². The van der Waals surface area contributed by atoms with Gasteiger partial charge in [-0.15, -0.1) is 0 Å². The average Bonchev–Trinajstić information content (AvgIpc) is 2.34. The topological polar surface area (TPSA) is 29.5 Å². The third-order valence-corrected chi connectivity index (χ3v) is 2.80. The van der Waals surface area contributed by atoms with Crippen LogP contribution in [0, 0.1) is 12.7 Å². The second-order valence-electron chi connectivity index (χ2n) is 3.95. The Morgan fingerprint density at radius 1 is 1.17 bits per heavy atom. The van der Waals surface area contributed by atoms with Crippen LogP contribution in [0.2, 0.25) is 5.02 Å². The van der Waals surface area contributed by atoms with Gasteiger partial charge in [0.15, 0.2) is 0 Å². The Hall–Kier alpha value is -1.58. The molecule has 0 heterocycles. The molecule has 0 unspecified atom stereocenters. The summed E-state index contributed by atoms with van der Waals surface area (Å²) in [6.07, 6.45) is 0. The van der Waals surface area contributed by atoms with Crippen LogP contribution in [0.4, 0.5) is 4.39 Å². The lowest BCUT2D eigenvalue weighted by molar-refractivity contribution is 0.276. The number of hydrogen-bond donors (Lipinski definition) is 1. The number of rotatable bonds is 3. The van der Waals surface area contributed by atoms with Crippen LogP contribution in [0.1, 0.15) is 11.1 Å². The molecule has 0 aliphatic carbocycles. The highest BCUT2D eigenvalue weighted by atomic mass is 35.5. The number of hydrogen-bond acceptors (Lipinski definition) is 2. The van der Waals surface area contributed by atoms with Gasteiger partial charge in [0, 0.05) is 5.56 Å². The number of aliphatic hydroxyl groups is 1. The summed E-state index contributed by atoms with van der Waals surface area (Å²) in [4.78, 5) is 0. The van der Waals surface area contributed by atoms with E-state index in [1.54, 1.807) is 6.07 Å². The van der Waals surface area contributed by atoms with E-state index < -0.39 is 5.82 Å². The molecule has 2 aromatic carbocycles. The van der Waals surface area contributed by atoms with E-state index in [0.717, 1.165) is 5.56 Å². The monoisotopic (exact) mass is 266 g/mol. The fourth-order valence-corrected chi connectivity index (χ4v) is 1.81. The van der Waals surface area contributed by atoms with Crippen molar-refractivity contribution in [2.75, 3.05) is 0 Å². The minimum Gasteiger partial charge on any atom is -0.455 e. The zero-order valence-electron chi connectivity index (χ0n) is 9.78. The molecule has 0 atom stereocenters. The van der Waals surface area contributed by atoms with E-state index >= 15 is 0 Å². The third-order valence-electron chi connectivity index (χ3n) is 2.50. The molecule has 0 bridgehead atoms. The molecular formula is C14H12ClFO2. The van der Waals surface area contributed by atoms with Crippen molar-refractivity contribution >= 4 is 11.6 Å². The molecule has 0 saturated heterocycles. The van der Waals surface area contributed by atoms with Gasteiger partial charge in [-0.3, -0.25) is 0 Å². The van der Waals surface area contributed by atoms with E-state index in [2.05, 4.69) is 0 Å². The van der Waals surface area contributed by atoms with Crippen molar-refractivity contribution in [2.45, 2.75) is 13.5 Å². The largest absolute Gasteiger partial charge is 0.455 e. The van der Waals surface area contributed by atoms with Gasteiger partial charge >= 0.3 is 0 Å². The van der Waals surface area contributed by atoms with E-state index in [4.69, 9.17) is 16.3 Å². The van der Waals surface area contributed by atoms with Gasteiger partial charge in [0.2, 0.25) is 0 Å². The molecule has 0 radical (unpaired) electrons. The molecule has 0 aliphatic rings. The maximum atomic E-state index is 12.9. The maximum absolute atomic E-state index is 12.9. The van der Waals surface area contributed by atoms with Gasteiger partial charge in [0.25, 0.3) is 0 Å². The van der Waals surface area contributed by atoms with Gasteiger partial charge in [0.1, 0.15) is 17.3 Å². The molecule has 0 spiro atoms. The standard InChI is InChI=1S/C14H12ClFO2/c1-9-2-4-13(10(6-9)8-17)18-14-5-3-11(16)7-12(14)15/h2-7,17H,8H2,1H3. The summed E-state index contributed by atoms with van der Waals surface area (Å²) in [7, 11) is 0. The summed E-state index contributed by atoms with van der Waals surface area (Å²) in [5, 5.41) is 9.46. The van der Waals surface area contributed by atoms with Crippen LogP contribution in [0.15, 0.2) is 36.4 Å². The molecule has 2 nitrogen and oxygen atoms in total. The molecule has 0 aromatic heterocycles. The summed E-state index contributed by atoms with van der Waals surface area (Å²) in [6.45, 7) is 1.80. The summed E-state index contributed by atoms with van der Waals surface area (Å²) in [5.74, 6) is 0.451. The smallest absolute Gasteiger partial charge is 0.146 e. The van der Waals surface area contributed by atoms with E-state index in [0.29, 0.717) is 17.1 Å². The highest BCUT2D eigenvalue weighted by Gasteiger charge is 2.08. The number of aryl methyl sites for hydroxylation is 1. The molecule has 2 rings (SSSR count). The van der Waals surface area contributed by atoms with Crippen LogP contribution in [-0.2, 0) is 6.61 Å². The van der Waals surface area contributed by atoms with Crippen molar-refractivity contribution in [1.82, 2.24) is 0 Å². The molecular weight excluding hydrogens is 255 g/mol. The van der Waals surface area contributed by atoms with Crippen LogP contribution in [-0.4, -0.2) is 5.11 Å². The fourth-order valence-electron chi connectivity index (χ4n) is 1.61. The van der Waals surface area contributed by atoms with Crippen molar-refractivity contribution in [1.29, 1.82) is 0 Å². The lowest BCUT2D eigenvalue weighted by Crippen LogP contribution is -1.93. The second-order valence-corrected chi connectivity index (χ2v) is 4.35. The predicted molar refractivity (Wildman–Crippen MR) is 68.6 cm³/mol. The predicted octanol–water partition coefficient (Wildman–Crippen LogP) is 4.07. The Labute approximate surface area is 110 Å². The maximum Gasteiger partial charge on any atom is 0.146 e. The molecule has 18 heavy (non-hydrogen) atoms. The van der Waals surface area contributed by atoms with E-state index in [1.165, 1.54) is 18.2 Å². The zero-order valence-corrected chi connectivity index (χ0v) is 10.5. The number of ether oxygens (including phenoxy) is 1. The van der Waals surface area contributed by atoms with Gasteiger partial charge in [0.05, 0.1) is 11.6 Å². The molecule has 0 aliphatic heterocycles. The second kappa shape index (κ2) is 5.38. The van der Waals surface area contributed by atoms with Crippen molar-refractivity contribution in [3.05, 3.63) is 58.4 Å². The van der Waals surface area contributed by atoms with Crippen LogP contribution in [0.3, 0.4) is 0 Å². The molecule has 0 fully saturated rings. The molecule has 0 amide bonds. The van der Waals surface area contributed by atoms with Gasteiger partial charge in [-0.1, -0.05) is 29.3 Å². The highest BCUT2D eigenvalue weighted by molar-refractivity contribution is 6.32. The average molecular weight is 267 g/mol. The number of aliphatic hydroxyl groups excluding tert-OH is 1. The molecule has 2 aromatic rings. The Morgan fingerprint density at radius 2 is 1.89 bits per heavy atom. The summed E-state index contributed by atoms with van der Waals surface area (Å²) < 4.78 is 18.5. The van der Waals surface area contributed by atoms with Crippen LogP contribution in [0.5, 0.6) is 11.5 Å². The lowest BCUT2D eigenvalue weighted by atomic mass is 10.1. The van der Waals surface area contributed by atoms with Crippen LogP contribution in [0.25, 0.3) is 0 Å². The SMILES string of the molecule is Cc1ccc(Oc2ccc(F)cc2Cl)c(CO)c1. The first kappa shape index (κ1) is 12.9.